The molecular formula is C10H21N5. The van der Waals surface area contributed by atoms with Crippen LogP contribution in [0, 0.1) is 0 Å². The summed E-state index contributed by atoms with van der Waals surface area (Å²) < 4.78 is 1.90. The summed E-state index contributed by atoms with van der Waals surface area (Å²) in [7, 11) is 4.13. The fourth-order valence-corrected chi connectivity index (χ4v) is 1.27. The Hall–Kier alpha value is -0.940. The van der Waals surface area contributed by atoms with Gasteiger partial charge in [-0.2, -0.15) is 0 Å². The van der Waals surface area contributed by atoms with Gasteiger partial charge in [0, 0.05) is 25.7 Å². The first-order chi connectivity index (χ1) is 7.22. The van der Waals surface area contributed by atoms with Crippen molar-refractivity contribution in [1.29, 1.82) is 0 Å². The fraction of sp³-hybridized carbons (Fsp3) is 0.800. The molecule has 0 aliphatic rings. The van der Waals surface area contributed by atoms with Crippen molar-refractivity contribution in [3.05, 3.63) is 11.9 Å². The lowest BCUT2D eigenvalue weighted by molar-refractivity contribution is 0.411. The van der Waals surface area contributed by atoms with Crippen LogP contribution >= 0.6 is 0 Å². The second-order valence-electron chi connectivity index (χ2n) is 3.88. The van der Waals surface area contributed by atoms with E-state index >= 15 is 0 Å². The first-order valence-corrected chi connectivity index (χ1v) is 5.47. The predicted octanol–water partition coefficient (Wildman–Crippen LogP) is -0.00830. The van der Waals surface area contributed by atoms with Gasteiger partial charge in [0.25, 0.3) is 0 Å². The molecule has 0 aliphatic heterocycles. The predicted molar refractivity (Wildman–Crippen MR) is 60.8 cm³/mol. The standard InChI is InChI=1S/C10H21N5/c1-4-11-6-8-15-9-10(12-13-15)5-7-14(2)3/h9,11H,4-8H2,1-3H3. The third-order valence-electron chi connectivity index (χ3n) is 2.17. The smallest absolute Gasteiger partial charge is 0.0839 e. The molecule has 0 unspecified atom stereocenters. The SMILES string of the molecule is CCNCCn1cc(CCN(C)C)nn1. The van der Waals surface area contributed by atoms with Crippen LogP contribution in [0.3, 0.4) is 0 Å². The summed E-state index contributed by atoms with van der Waals surface area (Å²) in [5.41, 5.74) is 1.07. The van der Waals surface area contributed by atoms with Gasteiger partial charge in [0.05, 0.1) is 12.2 Å². The molecule has 1 aromatic heterocycles. The summed E-state index contributed by atoms with van der Waals surface area (Å²) in [6, 6.07) is 0. The molecule has 5 nitrogen and oxygen atoms in total. The van der Waals surface area contributed by atoms with E-state index in [4.69, 9.17) is 0 Å². The van der Waals surface area contributed by atoms with E-state index in [-0.39, 0.29) is 0 Å². The van der Waals surface area contributed by atoms with Crippen molar-refractivity contribution in [2.75, 3.05) is 33.7 Å². The highest BCUT2D eigenvalue weighted by atomic mass is 15.4. The minimum Gasteiger partial charge on any atom is -0.315 e. The van der Waals surface area contributed by atoms with Gasteiger partial charge in [-0.1, -0.05) is 12.1 Å². The van der Waals surface area contributed by atoms with Crippen LogP contribution in [-0.2, 0) is 13.0 Å². The molecule has 0 saturated heterocycles. The zero-order valence-electron chi connectivity index (χ0n) is 9.90. The lowest BCUT2D eigenvalue weighted by Gasteiger charge is -2.06. The third-order valence-corrected chi connectivity index (χ3v) is 2.17. The van der Waals surface area contributed by atoms with Crippen molar-refractivity contribution < 1.29 is 0 Å². The zero-order chi connectivity index (χ0) is 11.1. The Morgan fingerprint density at radius 2 is 2.27 bits per heavy atom. The van der Waals surface area contributed by atoms with Crippen molar-refractivity contribution in [3.8, 4) is 0 Å². The average Bonchev–Trinajstić information content (AvgIpc) is 2.63. The quantitative estimate of drug-likeness (QED) is 0.644. The van der Waals surface area contributed by atoms with E-state index < -0.39 is 0 Å². The van der Waals surface area contributed by atoms with Gasteiger partial charge in [-0.3, -0.25) is 4.68 Å². The van der Waals surface area contributed by atoms with Crippen LogP contribution in [0.15, 0.2) is 6.20 Å². The second-order valence-corrected chi connectivity index (χ2v) is 3.88. The summed E-state index contributed by atoms with van der Waals surface area (Å²) in [5.74, 6) is 0. The van der Waals surface area contributed by atoms with Crippen molar-refractivity contribution >= 4 is 0 Å². The van der Waals surface area contributed by atoms with Gasteiger partial charge in [-0.05, 0) is 20.6 Å². The van der Waals surface area contributed by atoms with Crippen molar-refractivity contribution in [2.24, 2.45) is 0 Å². The molecule has 86 valence electrons. The molecular weight excluding hydrogens is 190 g/mol. The Kier molecular flexibility index (Phi) is 5.28. The van der Waals surface area contributed by atoms with Gasteiger partial charge < -0.3 is 10.2 Å². The second kappa shape index (κ2) is 6.53. The molecule has 5 heteroatoms. The van der Waals surface area contributed by atoms with Gasteiger partial charge in [-0.25, -0.2) is 0 Å². The largest absolute Gasteiger partial charge is 0.315 e. The average molecular weight is 211 g/mol. The van der Waals surface area contributed by atoms with Gasteiger partial charge in [0.15, 0.2) is 0 Å². The van der Waals surface area contributed by atoms with Crippen LogP contribution in [0.25, 0.3) is 0 Å². The third kappa shape index (κ3) is 4.90. The Balaban J connectivity index is 2.29. The molecule has 0 bridgehead atoms. The van der Waals surface area contributed by atoms with Crippen molar-refractivity contribution in [2.45, 2.75) is 19.9 Å². The maximum atomic E-state index is 4.13. The molecule has 0 atom stereocenters. The topological polar surface area (TPSA) is 46.0 Å². The van der Waals surface area contributed by atoms with Crippen LogP contribution in [0.2, 0.25) is 0 Å². The zero-order valence-corrected chi connectivity index (χ0v) is 9.90. The first-order valence-electron chi connectivity index (χ1n) is 5.47. The van der Waals surface area contributed by atoms with Gasteiger partial charge in [-0.15, -0.1) is 5.10 Å². The number of rotatable bonds is 7. The van der Waals surface area contributed by atoms with E-state index in [1.54, 1.807) is 0 Å². The van der Waals surface area contributed by atoms with E-state index in [0.717, 1.165) is 38.3 Å². The minimum absolute atomic E-state index is 0.892. The molecule has 0 aliphatic carbocycles. The lowest BCUT2D eigenvalue weighted by Crippen LogP contribution is -2.19. The molecule has 1 aromatic rings. The highest BCUT2D eigenvalue weighted by Crippen LogP contribution is 1.95. The maximum absolute atomic E-state index is 4.13. The van der Waals surface area contributed by atoms with Crippen molar-refractivity contribution in [3.63, 3.8) is 0 Å². The Labute approximate surface area is 91.5 Å². The first kappa shape index (κ1) is 12.1. The number of nitrogens with one attached hydrogen (secondary N) is 1. The number of aromatic nitrogens is 3. The molecule has 1 rings (SSSR count). The van der Waals surface area contributed by atoms with E-state index in [9.17, 15) is 0 Å². The van der Waals surface area contributed by atoms with E-state index in [1.165, 1.54) is 0 Å². The lowest BCUT2D eigenvalue weighted by atomic mass is 10.3. The van der Waals surface area contributed by atoms with Crippen LogP contribution in [-0.4, -0.2) is 53.6 Å². The monoisotopic (exact) mass is 211 g/mol. The Bertz CT molecular complexity index is 269. The summed E-state index contributed by atoms with van der Waals surface area (Å²) in [6.07, 6.45) is 3.00. The summed E-state index contributed by atoms with van der Waals surface area (Å²) >= 11 is 0. The number of likely N-dealkylation sites (N-methyl/N-ethyl adjacent to an activating group) is 2. The van der Waals surface area contributed by atoms with Gasteiger partial charge in [0.1, 0.15) is 0 Å². The normalized spacial score (nSPS) is 11.2. The molecule has 0 amide bonds. The summed E-state index contributed by atoms with van der Waals surface area (Å²) in [6.45, 7) is 5.97. The van der Waals surface area contributed by atoms with Crippen LogP contribution in [0.4, 0.5) is 0 Å². The molecule has 0 radical (unpaired) electrons. The van der Waals surface area contributed by atoms with Crippen LogP contribution in [0.5, 0.6) is 0 Å². The van der Waals surface area contributed by atoms with E-state index in [1.807, 2.05) is 10.9 Å². The van der Waals surface area contributed by atoms with E-state index in [2.05, 4.69) is 41.5 Å². The van der Waals surface area contributed by atoms with Crippen molar-refractivity contribution in [1.82, 2.24) is 25.2 Å². The molecule has 15 heavy (non-hydrogen) atoms. The molecule has 0 aromatic carbocycles. The number of hydrogen-bond acceptors (Lipinski definition) is 4. The highest BCUT2D eigenvalue weighted by molar-refractivity contribution is 4.92. The molecule has 0 spiro atoms. The molecule has 1 heterocycles. The van der Waals surface area contributed by atoms with Gasteiger partial charge >= 0.3 is 0 Å². The fourth-order valence-electron chi connectivity index (χ4n) is 1.27. The molecule has 1 N–H and O–H groups in total. The number of hydrogen-bond donors (Lipinski definition) is 1. The molecule has 0 fully saturated rings. The summed E-state index contributed by atoms with van der Waals surface area (Å²) in [4.78, 5) is 2.15. The van der Waals surface area contributed by atoms with Crippen LogP contribution < -0.4 is 5.32 Å². The number of nitrogens with zero attached hydrogens (tertiary/aromatic N) is 4. The minimum atomic E-state index is 0.892. The molecule has 0 saturated carbocycles. The Morgan fingerprint density at radius 1 is 1.47 bits per heavy atom. The Morgan fingerprint density at radius 3 is 2.93 bits per heavy atom. The summed E-state index contributed by atoms with van der Waals surface area (Å²) in [5, 5.41) is 11.5. The van der Waals surface area contributed by atoms with Gasteiger partial charge in [0.2, 0.25) is 0 Å². The maximum Gasteiger partial charge on any atom is 0.0839 e. The van der Waals surface area contributed by atoms with E-state index in [0.29, 0.717) is 0 Å². The van der Waals surface area contributed by atoms with Crippen LogP contribution in [0.1, 0.15) is 12.6 Å². The highest BCUT2D eigenvalue weighted by Gasteiger charge is 2.00.